The predicted molar refractivity (Wildman–Crippen MR) is 135 cm³/mol. The molecule has 3 rings (SSSR count). The van der Waals surface area contributed by atoms with E-state index < -0.39 is 25.1 Å². The van der Waals surface area contributed by atoms with Gasteiger partial charge in [0.15, 0.2) is 9.84 Å². The Hall–Kier alpha value is -1.41. The summed E-state index contributed by atoms with van der Waals surface area (Å²) in [5.74, 6) is 0.307. The largest absolute Gasteiger partial charge is 0.243 e. The van der Waals surface area contributed by atoms with Crippen molar-refractivity contribution >= 4 is 31.5 Å². The van der Waals surface area contributed by atoms with Crippen molar-refractivity contribution in [3.8, 4) is 0 Å². The molecular formula is C25H34ClNO4S2. The van der Waals surface area contributed by atoms with Crippen LogP contribution in [-0.4, -0.2) is 39.5 Å². The fourth-order valence-corrected chi connectivity index (χ4v) is 8.38. The van der Waals surface area contributed by atoms with Gasteiger partial charge in [0.25, 0.3) is 0 Å². The van der Waals surface area contributed by atoms with Crippen molar-refractivity contribution in [3.05, 3.63) is 58.1 Å². The van der Waals surface area contributed by atoms with Gasteiger partial charge in [0.2, 0.25) is 10.0 Å². The topological polar surface area (TPSA) is 71.5 Å². The van der Waals surface area contributed by atoms with Crippen molar-refractivity contribution in [3.63, 3.8) is 0 Å². The van der Waals surface area contributed by atoms with E-state index in [1.807, 2.05) is 39.8 Å². The van der Waals surface area contributed by atoms with Crippen molar-refractivity contribution in [1.29, 1.82) is 0 Å². The van der Waals surface area contributed by atoms with Crippen LogP contribution >= 0.6 is 11.6 Å². The highest BCUT2D eigenvalue weighted by Gasteiger charge is 2.41. The Morgan fingerprint density at radius 2 is 1.36 bits per heavy atom. The third kappa shape index (κ3) is 5.16. The summed E-state index contributed by atoms with van der Waals surface area (Å²) in [6.45, 7) is 12.3. The van der Waals surface area contributed by atoms with Gasteiger partial charge in [0.05, 0.1) is 15.0 Å². The van der Waals surface area contributed by atoms with Gasteiger partial charge in [-0.05, 0) is 65.1 Å². The van der Waals surface area contributed by atoms with Crippen molar-refractivity contribution in [1.82, 2.24) is 4.31 Å². The van der Waals surface area contributed by atoms with Crippen LogP contribution in [0.4, 0.5) is 0 Å². The first-order valence-corrected chi connectivity index (χ1v) is 14.8. The molecule has 2 aromatic carbocycles. The molecule has 2 aromatic rings. The van der Waals surface area contributed by atoms with Crippen LogP contribution in [0.15, 0.2) is 46.2 Å². The second-order valence-electron chi connectivity index (χ2n) is 9.77. The number of halogens is 1. The smallest absolute Gasteiger partial charge is 0.223 e. The van der Waals surface area contributed by atoms with Gasteiger partial charge < -0.3 is 0 Å². The quantitative estimate of drug-likeness (QED) is 0.460. The molecule has 1 fully saturated rings. The van der Waals surface area contributed by atoms with E-state index in [9.17, 15) is 16.8 Å². The zero-order valence-electron chi connectivity index (χ0n) is 20.2. The van der Waals surface area contributed by atoms with E-state index in [4.69, 9.17) is 11.6 Å². The third-order valence-electron chi connectivity index (χ3n) is 6.37. The van der Waals surface area contributed by atoms with Crippen LogP contribution in [0.2, 0.25) is 5.02 Å². The van der Waals surface area contributed by atoms with E-state index in [0.717, 1.165) is 16.7 Å². The molecule has 1 saturated heterocycles. The number of benzene rings is 2. The van der Waals surface area contributed by atoms with Gasteiger partial charge in [-0.2, -0.15) is 4.31 Å². The van der Waals surface area contributed by atoms with Crippen LogP contribution in [0, 0.1) is 0 Å². The molecule has 1 heterocycles. The van der Waals surface area contributed by atoms with Crippen molar-refractivity contribution in [2.75, 3.05) is 13.1 Å². The lowest BCUT2D eigenvalue weighted by atomic mass is 9.89. The maximum Gasteiger partial charge on any atom is 0.243 e. The molecule has 0 aromatic heterocycles. The zero-order chi connectivity index (χ0) is 24.7. The Morgan fingerprint density at radius 3 is 1.82 bits per heavy atom. The van der Waals surface area contributed by atoms with Gasteiger partial charge in [0, 0.05) is 18.1 Å². The Balaban J connectivity index is 2.04. The lowest BCUT2D eigenvalue weighted by Crippen LogP contribution is -2.33. The van der Waals surface area contributed by atoms with Gasteiger partial charge in [-0.3, -0.25) is 0 Å². The summed E-state index contributed by atoms with van der Waals surface area (Å²) in [6.07, 6.45) is 0.266. The monoisotopic (exact) mass is 511 g/mol. The summed E-state index contributed by atoms with van der Waals surface area (Å²) in [5, 5.41) is -0.328. The van der Waals surface area contributed by atoms with Gasteiger partial charge in [-0.15, -0.1) is 0 Å². The van der Waals surface area contributed by atoms with Crippen LogP contribution in [0.25, 0.3) is 0 Å². The molecule has 0 saturated carbocycles. The van der Waals surface area contributed by atoms with Crippen LogP contribution in [0.3, 0.4) is 0 Å². The second kappa shape index (κ2) is 9.68. The van der Waals surface area contributed by atoms with Gasteiger partial charge in [-0.1, -0.05) is 65.3 Å². The minimum atomic E-state index is -3.87. The lowest BCUT2D eigenvalue weighted by molar-refractivity contribution is 0.473. The number of nitrogens with zero attached hydrogens (tertiary/aromatic N) is 1. The molecule has 182 valence electrons. The molecule has 1 aliphatic heterocycles. The maximum atomic E-state index is 13.9. The van der Waals surface area contributed by atoms with Crippen LogP contribution in [-0.2, 0) is 19.9 Å². The number of hydrogen-bond donors (Lipinski definition) is 0. The summed E-state index contributed by atoms with van der Waals surface area (Å²) < 4.78 is 55.5. The number of hydrogen-bond acceptors (Lipinski definition) is 4. The zero-order valence-corrected chi connectivity index (χ0v) is 22.6. The van der Waals surface area contributed by atoms with E-state index in [1.165, 1.54) is 28.6 Å². The van der Waals surface area contributed by atoms with Crippen LogP contribution in [0.1, 0.15) is 82.4 Å². The summed E-state index contributed by atoms with van der Waals surface area (Å²) in [4.78, 5) is 0.518. The first-order valence-electron chi connectivity index (χ1n) is 11.4. The molecule has 33 heavy (non-hydrogen) atoms. The Kier molecular flexibility index (Phi) is 7.69. The molecule has 0 bridgehead atoms. The molecule has 0 spiro atoms. The Bertz CT molecular complexity index is 1190. The first-order chi connectivity index (χ1) is 15.3. The molecular weight excluding hydrogens is 478 g/mol. The van der Waals surface area contributed by atoms with E-state index in [1.54, 1.807) is 0 Å². The summed E-state index contributed by atoms with van der Waals surface area (Å²) in [6, 6.07) is 10.1. The molecule has 0 aliphatic carbocycles. The second-order valence-corrected chi connectivity index (χ2v) is 14.3. The Morgan fingerprint density at radius 1 is 0.848 bits per heavy atom. The van der Waals surface area contributed by atoms with Crippen LogP contribution < -0.4 is 0 Å². The first kappa shape index (κ1) is 26.2. The lowest BCUT2D eigenvalue weighted by Gasteiger charge is -2.26. The fraction of sp³-hybridized carbons (Fsp3) is 0.520. The molecule has 1 atom stereocenters. The average Bonchev–Trinajstić information content (AvgIpc) is 3.25. The fourth-order valence-electron chi connectivity index (χ4n) is 4.30. The molecule has 5 nitrogen and oxygen atoms in total. The molecule has 1 aliphatic rings. The van der Waals surface area contributed by atoms with E-state index >= 15 is 0 Å². The third-order valence-corrected chi connectivity index (χ3v) is 10.8. The van der Waals surface area contributed by atoms with E-state index in [-0.39, 0.29) is 42.2 Å². The molecule has 0 amide bonds. The number of sulfonamides is 1. The van der Waals surface area contributed by atoms with Gasteiger partial charge in [-0.25, -0.2) is 16.8 Å². The Labute approximate surface area is 204 Å². The molecule has 0 N–H and O–H groups in total. The molecule has 1 unspecified atom stereocenters. The summed E-state index contributed by atoms with van der Waals surface area (Å²) in [5.41, 5.74) is 2.72. The highest BCUT2D eigenvalue weighted by molar-refractivity contribution is 7.92. The molecule has 0 radical (unpaired) electrons. The van der Waals surface area contributed by atoms with Crippen molar-refractivity contribution in [2.45, 2.75) is 80.8 Å². The van der Waals surface area contributed by atoms with Crippen molar-refractivity contribution < 1.29 is 16.8 Å². The normalized spacial score (nSPS) is 18.1. The van der Waals surface area contributed by atoms with E-state index in [0.29, 0.717) is 9.92 Å². The minimum absolute atomic E-state index is 0.0159. The van der Waals surface area contributed by atoms with Crippen molar-refractivity contribution in [2.24, 2.45) is 0 Å². The average molecular weight is 512 g/mol. The highest BCUT2D eigenvalue weighted by atomic mass is 35.5. The minimum Gasteiger partial charge on any atom is -0.223 e. The molecule has 8 heteroatoms. The van der Waals surface area contributed by atoms with E-state index in [2.05, 4.69) is 13.8 Å². The predicted octanol–water partition coefficient (Wildman–Crippen LogP) is 5.95. The maximum absolute atomic E-state index is 13.9. The van der Waals surface area contributed by atoms with Crippen LogP contribution in [0.5, 0.6) is 0 Å². The standard InChI is InChI=1S/C25H34ClNO4S2/c1-16(2)19-13-23(17(3)4)25(24(14-19)18(5)6)33(30,31)27-12-11-22(15-27)32(28,29)21-9-7-20(26)8-10-21/h7-10,13-14,16-18,22H,11-12,15H2,1-6H3. The van der Waals surface area contributed by atoms with Gasteiger partial charge in [0.1, 0.15) is 0 Å². The SMILES string of the molecule is CC(C)c1cc(C(C)C)c(S(=O)(=O)N2CCC(S(=O)(=O)c3ccc(Cl)cc3)C2)c(C(C)C)c1. The summed E-state index contributed by atoms with van der Waals surface area (Å²) in [7, 11) is -7.53. The number of rotatable bonds is 7. The summed E-state index contributed by atoms with van der Waals surface area (Å²) >= 11 is 5.90. The number of sulfone groups is 1. The highest BCUT2D eigenvalue weighted by Crippen LogP contribution is 2.38. The van der Waals surface area contributed by atoms with Gasteiger partial charge >= 0.3 is 0 Å².